The smallest absolute Gasteiger partial charge is 0.237 e. The summed E-state index contributed by atoms with van der Waals surface area (Å²) >= 11 is 0. The lowest BCUT2D eigenvalue weighted by atomic mass is 9.94. The number of nitrogens with one attached hydrogen (secondary N) is 2. The van der Waals surface area contributed by atoms with Crippen molar-refractivity contribution in [1.82, 2.24) is 15.5 Å². The summed E-state index contributed by atoms with van der Waals surface area (Å²) in [5, 5.41) is 6.45. The number of ether oxygens (including phenoxy) is 1. The van der Waals surface area contributed by atoms with E-state index in [0.717, 1.165) is 45.8 Å². The first-order chi connectivity index (χ1) is 9.15. The van der Waals surface area contributed by atoms with E-state index in [9.17, 15) is 4.79 Å². The highest BCUT2D eigenvalue weighted by molar-refractivity contribution is 5.82. The predicted molar refractivity (Wildman–Crippen MR) is 75.1 cm³/mol. The number of carbonyl (C=O) groups is 1. The van der Waals surface area contributed by atoms with Gasteiger partial charge < -0.3 is 15.4 Å². The van der Waals surface area contributed by atoms with Crippen LogP contribution in [0.4, 0.5) is 0 Å². The number of nitrogens with zero attached hydrogens (tertiary/aromatic N) is 1. The Hall–Kier alpha value is -0.650. The first-order valence-electron chi connectivity index (χ1n) is 7.49. The molecule has 2 heterocycles. The van der Waals surface area contributed by atoms with Gasteiger partial charge in [-0.15, -0.1) is 0 Å². The number of hydrogen-bond donors (Lipinski definition) is 2. The van der Waals surface area contributed by atoms with Crippen molar-refractivity contribution in [3.05, 3.63) is 0 Å². The van der Waals surface area contributed by atoms with Gasteiger partial charge >= 0.3 is 0 Å². The molecule has 5 nitrogen and oxygen atoms in total. The van der Waals surface area contributed by atoms with E-state index in [-0.39, 0.29) is 18.0 Å². The van der Waals surface area contributed by atoms with Crippen LogP contribution in [0.25, 0.3) is 0 Å². The van der Waals surface area contributed by atoms with Crippen LogP contribution in [0.5, 0.6) is 0 Å². The topological polar surface area (TPSA) is 53.6 Å². The number of rotatable bonds is 4. The third-order valence-corrected chi connectivity index (χ3v) is 4.01. The van der Waals surface area contributed by atoms with E-state index in [1.807, 2.05) is 0 Å². The largest absolute Gasteiger partial charge is 0.379 e. The standard InChI is InChI=1S/C14H27N3O2/c1-11-3-4-15-13(9-11)14(18)16-12(2)10-17-5-7-19-8-6-17/h11-13,15H,3-10H2,1-2H3,(H,16,18). The van der Waals surface area contributed by atoms with E-state index in [4.69, 9.17) is 4.74 Å². The van der Waals surface area contributed by atoms with Gasteiger partial charge in [-0.3, -0.25) is 9.69 Å². The van der Waals surface area contributed by atoms with Crippen molar-refractivity contribution in [3.8, 4) is 0 Å². The van der Waals surface area contributed by atoms with Gasteiger partial charge in [0.15, 0.2) is 0 Å². The third-order valence-electron chi connectivity index (χ3n) is 4.01. The van der Waals surface area contributed by atoms with Crippen molar-refractivity contribution < 1.29 is 9.53 Å². The lowest BCUT2D eigenvalue weighted by Crippen LogP contribution is -2.53. The molecule has 0 aromatic carbocycles. The fraction of sp³-hybridized carbons (Fsp3) is 0.929. The Kier molecular flexibility index (Phi) is 5.60. The minimum absolute atomic E-state index is 0.00381. The molecule has 0 radical (unpaired) electrons. The number of carbonyl (C=O) groups excluding carboxylic acids is 1. The highest BCUT2D eigenvalue weighted by Crippen LogP contribution is 2.15. The normalized spacial score (nSPS) is 30.8. The molecule has 0 aromatic rings. The van der Waals surface area contributed by atoms with Gasteiger partial charge in [-0.1, -0.05) is 6.92 Å². The molecule has 1 amide bonds. The molecular weight excluding hydrogens is 242 g/mol. The lowest BCUT2D eigenvalue weighted by Gasteiger charge is -2.31. The van der Waals surface area contributed by atoms with Crippen LogP contribution in [-0.2, 0) is 9.53 Å². The van der Waals surface area contributed by atoms with E-state index in [1.54, 1.807) is 0 Å². The SMILES string of the molecule is CC1CCNC(C(=O)NC(C)CN2CCOCC2)C1. The minimum atomic E-state index is -0.00381. The van der Waals surface area contributed by atoms with Gasteiger partial charge in [0.25, 0.3) is 0 Å². The van der Waals surface area contributed by atoms with Crippen molar-refractivity contribution in [2.75, 3.05) is 39.4 Å². The minimum Gasteiger partial charge on any atom is -0.379 e. The van der Waals surface area contributed by atoms with Gasteiger partial charge in [-0.2, -0.15) is 0 Å². The molecule has 2 saturated heterocycles. The van der Waals surface area contributed by atoms with E-state index in [2.05, 4.69) is 29.4 Å². The molecule has 2 N–H and O–H groups in total. The molecule has 0 bridgehead atoms. The average molecular weight is 269 g/mol. The molecule has 0 aromatic heterocycles. The molecule has 2 rings (SSSR count). The summed E-state index contributed by atoms with van der Waals surface area (Å²) in [5.41, 5.74) is 0. The zero-order valence-electron chi connectivity index (χ0n) is 12.2. The summed E-state index contributed by atoms with van der Waals surface area (Å²) in [4.78, 5) is 14.5. The second kappa shape index (κ2) is 7.22. The number of morpholine rings is 1. The van der Waals surface area contributed by atoms with Crippen molar-refractivity contribution in [2.24, 2.45) is 5.92 Å². The molecule has 19 heavy (non-hydrogen) atoms. The Morgan fingerprint density at radius 3 is 2.89 bits per heavy atom. The van der Waals surface area contributed by atoms with Gasteiger partial charge in [0.1, 0.15) is 0 Å². The summed E-state index contributed by atoms with van der Waals surface area (Å²) in [6.45, 7) is 9.73. The van der Waals surface area contributed by atoms with Crippen molar-refractivity contribution in [1.29, 1.82) is 0 Å². The third kappa shape index (κ3) is 4.75. The molecule has 5 heteroatoms. The maximum Gasteiger partial charge on any atom is 0.237 e. The second-order valence-electron chi connectivity index (χ2n) is 5.96. The monoisotopic (exact) mass is 269 g/mol. The Balaban J connectivity index is 1.71. The number of piperidine rings is 1. The summed E-state index contributed by atoms with van der Waals surface area (Å²) in [6, 6.07) is 0.195. The summed E-state index contributed by atoms with van der Waals surface area (Å²) < 4.78 is 5.33. The van der Waals surface area contributed by atoms with Crippen LogP contribution < -0.4 is 10.6 Å². The molecular formula is C14H27N3O2. The number of amides is 1. The van der Waals surface area contributed by atoms with Crippen molar-refractivity contribution >= 4 is 5.91 Å². The van der Waals surface area contributed by atoms with Crippen LogP contribution in [0.1, 0.15) is 26.7 Å². The second-order valence-corrected chi connectivity index (χ2v) is 5.96. The van der Waals surface area contributed by atoms with Crippen LogP contribution in [0.2, 0.25) is 0 Å². The molecule has 3 atom stereocenters. The molecule has 3 unspecified atom stereocenters. The maximum absolute atomic E-state index is 12.2. The Bertz CT molecular complexity index is 292. The van der Waals surface area contributed by atoms with Crippen LogP contribution in [0, 0.1) is 5.92 Å². The quantitative estimate of drug-likeness (QED) is 0.766. The summed E-state index contributed by atoms with van der Waals surface area (Å²) in [6.07, 6.45) is 2.13. The first kappa shape index (κ1) is 14.8. The zero-order chi connectivity index (χ0) is 13.7. The average Bonchev–Trinajstić information content (AvgIpc) is 2.39. The van der Waals surface area contributed by atoms with Gasteiger partial charge in [0.2, 0.25) is 5.91 Å². The van der Waals surface area contributed by atoms with Crippen LogP contribution in [-0.4, -0.2) is 62.3 Å². The highest BCUT2D eigenvalue weighted by Gasteiger charge is 2.25. The molecule has 0 saturated carbocycles. The van der Waals surface area contributed by atoms with Crippen LogP contribution in [0.15, 0.2) is 0 Å². The molecule has 2 aliphatic rings. The Labute approximate surface area is 116 Å². The van der Waals surface area contributed by atoms with E-state index < -0.39 is 0 Å². The molecule has 0 spiro atoms. The number of hydrogen-bond acceptors (Lipinski definition) is 4. The van der Waals surface area contributed by atoms with Gasteiger partial charge in [-0.25, -0.2) is 0 Å². The Morgan fingerprint density at radius 1 is 1.47 bits per heavy atom. The van der Waals surface area contributed by atoms with Crippen LogP contribution in [0.3, 0.4) is 0 Å². The fourth-order valence-corrected chi connectivity index (χ4v) is 2.87. The van der Waals surface area contributed by atoms with E-state index in [1.165, 1.54) is 6.42 Å². The Morgan fingerprint density at radius 2 is 2.21 bits per heavy atom. The van der Waals surface area contributed by atoms with Gasteiger partial charge in [-0.05, 0) is 32.2 Å². The molecule has 2 fully saturated rings. The lowest BCUT2D eigenvalue weighted by molar-refractivity contribution is -0.124. The van der Waals surface area contributed by atoms with Crippen molar-refractivity contribution in [2.45, 2.75) is 38.8 Å². The van der Waals surface area contributed by atoms with Crippen molar-refractivity contribution in [3.63, 3.8) is 0 Å². The molecule has 0 aliphatic carbocycles. The predicted octanol–water partition coefficient (Wildman–Crippen LogP) is 0.211. The molecule has 110 valence electrons. The fourth-order valence-electron chi connectivity index (χ4n) is 2.87. The summed E-state index contributed by atoms with van der Waals surface area (Å²) in [5.74, 6) is 0.804. The zero-order valence-corrected chi connectivity index (χ0v) is 12.2. The van der Waals surface area contributed by atoms with E-state index in [0.29, 0.717) is 5.92 Å². The van der Waals surface area contributed by atoms with E-state index >= 15 is 0 Å². The highest BCUT2D eigenvalue weighted by atomic mass is 16.5. The maximum atomic E-state index is 12.2. The van der Waals surface area contributed by atoms with Gasteiger partial charge in [0, 0.05) is 25.7 Å². The van der Waals surface area contributed by atoms with Crippen LogP contribution >= 0.6 is 0 Å². The first-order valence-corrected chi connectivity index (χ1v) is 7.49. The summed E-state index contributed by atoms with van der Waals surface area (Å²) in [7, 11) is 0. The molecule has 2 aliphatic heterocycles. The van der Waals surface area contributed by atoms with Gasteiger partial charge in [0.05, 0.1) is 19.3 Å².